The second-order valence-electron chi connectivity index (χ2n) is 4.23. The highest BCUT2D eigenvalue weighted by molar-refractivity contribution is 5.69. The monoisotopic (exact) mass is 229 g/mol. The Kier molecular flexibility index (Phi) is 3.52. The van der Waals surface area contributed by atoms with Gasteiger partial charge in [-0.1, -0.05) is 12.2 Å². The Bertz CT molecular complexity index is 510. The van der Waals surface area contributed by atoms with Crippen molar-refractivity contribution in [3.8, 4) is 0 Å². The molecule has 0 aromatic carbocycles. The summed E-state index contributed by atoms with van der Waals surface area (Å²) in [7, 11) is 0. The van der Waals surface area contributed by atoms with E-state index in [0.717, 1.165) is 28.8 Å². The number of hydrogen-bond donors (Lipinski definition) is 0. The molecule has 0 spiro atoms. The summed E-state index contributed by atoms with van der Waals surface area (Å²) in [6.07, 6.45) is 10.5. The minimum absolute atomic E-state index is 0.0380. The van der Waals surface area contributed by atoms with E-state index in [9.17, 15) is 4.39 Å². The van der Waals surface area contributed by atoms with E-state index in [1.54, 1.807) is 6.08 Å². The number of hydrogen-bond acceptors (Lipinski definition) is 1. The fourth-order valence-electron chi connectivity index (χ4n) is 1.95. The van der Waals surface area contributed by atoms with Crippen LogP contribution in [0.4, 0.5) is 4.39 Å². The van der Waals surface area contributed by atoms with Gasteiger partial charge in [0.1, 0.15) is 5.83 Å². The quantitative estimate of drug-likeness (QED) is 0.730. The number of aryl methyl sites for hydroxylation is 1. The lowest BCUT2D eigenvalue weighted by Gasteiger charge is -2.11. The van der Waals surface area contributed by atoms with Gasteiger partial charge in [0.15, 0.2) is 0 Å². The lowest BCUT2D eigenvalue weighted by Crippen LogP contribution is -1.94. The Morgan fingerprint density at radius 2 is 2.12 bits per heavy atom. The molecule has 0 saturated heterocycles. The van der Waals surface area contributed by atoms with Gasteiger partial charge in [-0.25, -0.2) is 4.39 Å². The predicted molar refractivity (Wildman–Crippen MR) is 70.1 cm³/mol. The van der Waals surface area contributed by atoms with E-state index in [2.05, 4.69) is 11.1 Å². The van der Waals surface area contributed by atoms with Gasteiger partial charge in [-0.15, -0.1) is 0 Å². The molecule has 1 nitrogen and oxygen atoms in total. The van der Waals surface area contributed by atoms with Crippen LogP contribution in [0.3, 0.4) is 0 Å². The first-order chi connectivity index (χ1) is 8.20. The molecule has 0 aliphatic heterocycles. The van der Waals surface area contributed by atoms with Crippen LogP contribution in [0, 0.1) is 6.92 Å². The summed E-state index contributed by atoms with van der Waals surface area (Å²) in [6.45, 7) is 4.03. The number of halogens is 1. The third-order valence-corrected chi connectivity index (χ3v) is 2.91. The summed E-state index contributed by atoms with van der Waals surface area (Å²) in [5.74, 6) is -0.0380. The summed E-state index contributed by atoms with van der Waals surface area (Å²) in [4.78, 5) is 4.42. The van der Waals surface area contributed by atoms with Crippen molar-refractivity contribution in [2.75, 3.05) is 0 Å². The van der Waals surface area contributed by atoms with E-state index in [1.165, 1.54) is 0 Å². The normalized spacial score (nSPS) is 15.9. The van der Waals surface area contributed by atoms with E-state index < -0.39 is 0 Å². The molecule has 88 valence electrons. The maximum Gasteiger partial charge on any atom is 0.100 e. The summed E-state index contributed by atoms with van der Waals surface area (Å²) in [6, 6.07) is 2.12. The zero-order chi connectivity index (χ0) is 12.3. The van der Waals surface area contributed by atoms with Gasteiger partial charge in [-0.2, -0.15) is 0 Å². The molecule has 0 fully saturated rings. The summed E-state index contributed by atoms with van der Waals surface area (Å²) < 4.78 is 12.9. The van der Waals surface area contributed by atoms with E-state index in [1.807, 2.05) is 38.3 Å². The molecule has 0 atom stereocenters. The molecule has 2 rings (SSSR count). The van der Waals surface area contributed by atoms with Gasteiger partial charge in [0.25, 0.3) is 0 Å². The predicted octanol–water partition coefficient (Wildman–Crippen LogP) is 4.45. The lowest BCUT2D eigenvalue weighted by molar-refractivity contribution is 0.590. The molecule has 1 heterocycles. The third-order valence-electron chi connectivity index (χ3n) is 2.91. The standard InChI is InChI=1S/C15H16FN/c1-3-4-15-11(2)9-13(10-17-15)12-5-7-14(16)8-6-12/h3-5,7,9-10H,6,8H2,1-2H3/b4-3-. The van der Waals surface area contributed by atoms with Crippen LogP contribution >= 0.6 is 0 Å². The Morgan fingerprint density at radius 1 is 1.29 bits per heavy atom. The van der Waals surface area contributed by atoms with Crippen LogP contribution in [0.2, 0.25) is 0 Å². The molecule has 1 aromatic heterocycles. The van der Waals surface area contributed by atoms with Crippen LogP contribution in [0.15, 0.2) is 36.3 Å². The van der Waals surface area contributed by atoms with Crippen molar-refractivity contribution >= 4 is 11.6 Å². The third kappa shape index (κ3) is 2.70. The first kappa shape index (κ1) is 11.8. The molecule has 0 saturated carbocycles. The molecular formula is C15H16FN. The molecule has 0 amide bonds. The van der Waals surface area contributed by atoms with Crippen molar-refractivity contribution in [1.82, 2.24) is 4.98 Å². The average molecular weight is 229 g/mol. The fraction of sp³-hybridized carbons (Fsp3) is 0.267. The minimum Gasteiger partial charge on any atom is -0.256 e. The molecule has 1 aromatic rings. The van der Waals surface area contributed by atoms with Gasteiger partial charge >= 0.3 is 0 Å². The van der Waals surface area contributed by atoms with E-state index in [0.29, 0.717) is 6.42 Å². The Hall–Kier alpha value is -1.70. The van der Waals surface area contributed by atoms with Crippen LogP contribution in [-0.4, -0.2) is 4.98 Å². The minimum atomic E-state index is -0.0380. The van der Waals surface area contributed by atoms with Crippen LogP contribution in [0.25, 0.3) is 11.6 Å². The van der Waals surface area contributed by atoms with E-state index in [4.69, 9.17) is 0 Å². The Balaban J connectivity index is 2.32. The smallest absolute Gasteiger partial charge is 0.100 e. The topological polar surface area (TPSA) is 12.9 Å². The SMILES string of the molecule is C/C=C\c1ncc(C2=CC=C(F)CC2)cc1C. The maximum atomic E-state index is 12.9. The number of allylic oxidation sites excluding steroid dienone is 5. The lowest BCUT2D eigenvalue weighted by atomic mass is 9.97. The zero-order valence-corrected chi connectivity index (χ0v) is 10.2. The Labute approximate surface area is 101 Å². The second-order valence-corrected chi connectivity index (χ2v) is 4.23. The fourth-order valence-corrected chi connectivity index (χ4v) is 1.95. The molecule has 0 unspecified atom stereocenters. The van der Waals surface area contributed by atoms with Crippen molar-refractivity contribution in [1.29, 1.82) is 0 Å². The number of aromatic nitrogens is 1. The van der Waals surface area contributed by atoms with E-state index >= 15 is 0 Å². The van der Waals surface area contributed by atoms with Crippen LogP contribution in [0.5, 0.6) is 0 Å². The van der Waals surface area contributed by atoms with Gasteiger partial charge in [0.05, 0.1) is 5.69 Å². The van der Waals surface area contributed by atoms with Crippen LogP contribution < -0.4 is 0 Å². The molecule has 0 radical (unpaired) electrons. The van der Waals surface area contributed by atoms with Crippen molar-refractivity contribution in [2.45, 2.75) is 26.7 Å². The molecule has 2 heteroatoms. The van der Waals surface area contributed by atoms with Gasteiger partial charge in [-0.3, -0.25) is 4.98 Å². The van der Waals surface area contributed by atoms with Gasteiger partial charge in [0.2, 0.25) is 0 Å². The van der Waals surface area contributed by atoms with Crippen molar-refractivity contribution in [3.05, 3.63) is 53.1 Å². The maximum absolute atomic E-state index is 12.9. The first-order valence-corrected chi connectivity index (χ1v) is 5.85. The Morgan fingerprint density at radius 3 is 2.71 bits per heavy atom. The summed E-state index contributed by atoms with van der Waals surface area (Å²) >= 11 is 0. The molecule has 17 heavy (non-hydrogen) atoms. The molecule has 0 bridgehead atoms. The van der Waals surface area contributed by atoms with Crippen LogP contribution in [-0.2, 0) is 0 Å². The molecule has 1 aliphatic rings. The highest BCUT2D eigenvalue weighted by Crippen LogP contribution is 2.27. The summed E-state index contributed by atoms with van der Waals surface area (Å²) in [5, 5.41) is 0. The average Bonchev–Trinajstić information content (AvgIpc) is 2.33. The first-order valence-electron chi connectivity index (χ1n) is 5.85. The van der Waals surface area contributed by atoms with Crippen molar-refractivity contribution in [2.24, 2.45) is 0 Å². The number of rotatable bonds is 2. The number of nitrogens with zero attached hydrogens (tertiary/aromatic N) is 1. The van der Waals surface area contributed by atoms with Crippen molar-refractivity contribution in [3.63, 3.8) is 0 Å². The highest BCUT2D eigenvalue weighted by atomic mass is 19.1. The van der Waals surface area contributed by atoms with Gasteiger partial charge in [0, 0.05) is 12.6 Å². The van der Waals surface area contributed by atoms with Gasteiger partial charge < -0.3 is 0 Å². The second kappa shape index (κ2) is 5.09. The van der Waals surface area contributed by atoms with E-state index in [-0.39, 0.29) is 5.83 Å². The van der Waals surface area contributed by atoms with Crippen molar-refractivity contribution < 1.29 is 4.39 Å². The summed E-state index contributed by atoms with van der Waals surface area (Å²) in [5.41, 5.74) is 4.40. The zero-order valence-electron chi connectivity index (χ0n) is 10.2. The number of pyridine rings is 1. The van der Waals surface area contributed by atoms with Gasteiger partial charge in [-0.05, 0) is 55.2 Å². The van der Waals surface area contributed by atoms with Crippen LogP contribution in [0.1, 0.15) is 36.6 Å². The largest absolute Gasteiger partial charge is 0.256 e. The molecule has 0 N–H and O–H groups in total. The molecule has 1 aliphatic carbocycles. The highest BCUT2D eigenvalue weighted by Gasteiger charge is 2.09. The molecular weight excluding hydrogens is 213 g/mol.